The normalized spacial score (nSPS) is 18.8. The summed E-state index contributed by atoms with van der Waals surface area (Å²) in [6, 6.07) is 5.45. The summed E-state index contributed by atoms with van der Waals surface area (Å²) in [6.45, 7) is 2.11. The molecular formula is C22H28F3N5O2. The molecule has 1 aromatic carbocycles. The number of ether oxygens (including phenoxy) is 1. The van der Waals surface area contributed by atoms with E-state index >= 15 is 0 Å². The maximum atomic E-state index is 12.3. The molecule has 0 amide bonds. The third-order valence-electron chi connectivity index (χ3n) is 5.39. The van der Waals surface area contributed by atoms with Crippen LogP contribution in [-0.4, -0.2) is 54.8 Å². The molecule has 7 nitrogen and oxygen atoms in total. The molecule has 0 aliphatic heterocycles. The largest absolute Gasteiger partial charge is 0.573 e. The van der Waals surface area contributed by atoms with Crippen molar-refractivity contribution in [2.45, 2.75) is 51.1 Å². The average molecular weight is 451 g/mol. The number of carbonyl (C=O) groups excluding carboxylic acids is 1. The summed E-state index contributed by atoms with van der Waals surface area (Å²) in [4.78, 5) is 23.2. The van der Waals surface area contributed by atoms with Crippen LogP contribution in [-0.2, 0) is 0 Å². The number of alkyl halides is 3. The highest BCUT2D eigenvalue weighted by Crippen LogP contribution is 2.24. The van der Waals surface area contributed by atoms with Gasteiger partial charge in [-0.05, 0) is 56.9 Å². The van der Waals surface area contributed by atoms with E-state index in [9.17, 15) is 18.0 Å². The van der Waals surface area contributed by atoms with E-state index in [0.717, 1.165) is 49.2 Å². The van der Waals surface area contributed by atoms with Crippen LogP contribution in [0.2, 0.25) is 0 Å². The van der Waals surface area contributed by atoms with Gasteiger partial charge in [-0.2, -0.15) is 4.98 Å². The van der Waals surface area contributed by atoms with Crippen molar-refractivity contribution < 1.29 is 22.7 Å². The Kier molecular flexibility index (Phi) is 7.55. The van der Waals surface area contributed by atoms with Crippen molar-refractivity contribution in [2.24, 2.45) is 0 Å². The van der Waals surface area contributed by atoms with Crippen LogP contribution in [0.25, 0.3) is 0 Å². The minimum absolute atomic E-state index is 0.134. The van der Waals surface area contributed by atoms with E-state index in [1.54, 1.807) is 0 Å². The van der Waals surface area contributed by atoms with Crippen LogP contribution >= 0.6 is 0 Å². The van der Waals surface area contributed by atoms with Gasteiger partial charge in [-0.3, -0.25) is 4.79 Å². The number of aryl methyl sites for hydroxylation is 1. The Morgan fingerprint density at radius 1 is 1.12 bits per heavy atom. The summed E-state index contributed by atoms with van der Waals surface area (Å²) in [5.41, 5.74) is 1.36. The second kappa shape index (κ2) is 10.2. The Morgan fingerprint density at radius 3 is 2.34 bits per heavy atom. The molecule has 0 spiro atoms. The van der Waals surface area contributed by atoms with Crippen LogP contribution in [0.5, 0.6) is 5.75 Å². The molecule has 0 bridgehead atoms. The highest BCUT2D eigenvalue weighted by molar-refractivity contribution is 5.97. The standard InChI is InChI=1S/C22H28F3N5O2/c1-14-12-27-21(29-20(14)30(2)3)28-17-8-6-16(7-9-17)26-13-19(31)15-4-10-18(11-5-15)32-22(23,24)25/h4-5,10-12,16-17,26H,6-9,13H2,1-3H3,(H,27,28,29). The molecule has 0 atom stereocenters. The summed E-state index contributed by atoms with van der Waals surface area (Å²) < 4.78 is 40.5. The summed E-state index contributed by atoms with van der Waals surface area (Å²) in [6.07, 6.45) is 0.700. The second-order valence-corrected chi connectivity index (χ2v) is 8.16. The first-order chi connectivity index (χ1) is 15.1. The fourth-order valence-corrected chi connectivity index (χ4v) is 3.76. The van der Waals surface area contributed by atoms with E-state index < -0.39 is 6.36 Å². The van der Waals surface area contributed by atoms with Gasteiger partial charge in [0, 0.05) is 43.5 Å². The first kappa shape index (κ1) is 23.8. The molecule has 0 unspecified atom stereocenters. The van der Waals surface area contributed by atoms with Crippen molar-refractivity contribution in [1.29, 1.82) is 0 Å². The molecule has 1 aliphatic rings. The van der Waals surface area contributed by atoms with Crippen molar-refractivity contribution >= 4 is 17.5 Å². The predicted octanol–water partition coefficient (Wildman–Crippen LogP) is 3.95. The molecule has 0 radical (unpaired) electrons. The van der Waals surface area contributed by atoms with Gasteiger partial charge in [0.2, 0.25) is 5.95 Å². The Hall–Kier alpha value is -2.88. The lowest BCUT2D eigenvalue weighted by Gasteiger charge is -2.30. The van der Waals surface area contributed by atoms with Crippen molar-refractivity contribution in [1.82, 2.24) is 15.3 Å². The van der Waals surface area contributed by atoms with E-state index in [2.05, 4.69) is 25.3 Å². The zero-order valence-corrected chi connectivity index (χ0v) is 18.4. The highest BCUT2D eigenvalue weighted by Gasteiger charge is 2.31. The summed E-state index contributed by atoms with van der Waals surface area (Å²) in [5, 5.41) is 6.66. The van der Waals surface area contributed by atoms with Crippen LogP contribution in [0, 0.1) is 6.92 Å². The molecule has 1 aromatic heterocycles. The Balaban J connectivity index is 1.43. The Morgan fingerprint density at radius 2 is 1.75 bits per heavy atom. The number of anilines is 2. The fourth-order valence-electron chi connectivity index (χ4n) is 3.76. The van der Waals surface area contributed by atoms with Crippen molar-refractivity contribution in [2.75, 3.05) is 30.9 Å². The van der Waals surface area contributed by atoms with Crippen LogP contribution < -0.4 is 20.3 Å². The number of nitrogens with one attached hydrogen (secondary N) is 2. The van der Waals surface area contributed by atoms with Crippen molar-refractivity contribution in [3.63, 3.8) is 0 Å². The monoisotopic (exact) mass is 451 g/mol. The van der Waals surface area contributed by atoms with E-state index in [1.165, 1.54) is 12.1 Å². The molecule has 2 aromatic rings. The van der Waals surface area contributed by atoms with Crippen LogP contribution in [0.3, 0.4) is 0 Å². The Labute approximate surface area is 185 Å². The number of nitrogens with zero attached hydrogens (tertiary/aromatic N) is 3. The summed E-state index contributed by atoms with van der Waals surface area (Å²) in [5.74, 6) is 0.981. The lowest BCUT2D eigenvalue weighted by atomic mass is 9.91. The first-order valence-corrected chi connectivity index (χ1v) is 10.5. The quantitative estimate of drug-likeness (QED) is 0.589. The van der Waals surface area contributed by atoms with Crippen LogP contribution in [0.1, 0.15) is 41.6 Å². The molecular weight excluding hydrogens is 423 g/mol. The fraction of sp³-hybridized carbons (Fsp3) is 0.500. The lowest BCUT2D eigenvalue weighted by Crippen LogP contribution is -2.39. The number of Topliss-reactive ketones (excluding diaryl/α,β-unsaturated/α-hetero) is 1. The number of halogens is 3. The molecule has 32 heavy (non-hydrogen) atoms. The van der Waals surface area contributed by atoms with E-state index in [-0.39, 0.29) is 30.2 Å². The van der Waals surface area contributed by atoms with Gasteiger partial charge in [-0.15, -0.1) is 13.2 Å². The maximum absolute atomic E-state index is 12.3. The van der Waals surface area contributed by atoms with Gasteiger partial charge in [0.15, 0.2) is 5.78 Å². The molecule has 1 saturated carbocycles. The van der Waals surface area contributed by atoms with E-state index in [0.29, 0.717) is 11.5 Å². The average Bonchev–Trinajstić information content (AvgIpc) is 2.73. The predicted molar refractivity (Wildman–Crippen MR) is 116 cm³/mol. The summed E-state index contributed by atoms with van der Waals surface area (Å²) >= 11 is 0. The van der Waals surface area contributed by atoms with Gasteiger partial charge in [-0.1, -0.05) is 0 Å². The molecule has 10 heteroatoms. The number of rotatable bonds is 8. The van der Waals surface area contributed by atoms with Gasteiger partial charge < -0.3 is 20.3 Å². The van der Waals surface area contributed by atoms with E-state index in [4.69, 9.17) is 0 Å². The van der Waals surface area contributed by atoms with Crippen LogP contribution in [0.4, 0.5) is 24.9 Å². The number of benzene rings is 1. The number of aromatic nitrogens is 2. The SMILES string of the molecule is Cc1cnc(NC2CCC(NCC(=O)c3ccc(OC(F)(F)F)cc3)CC2)nc1N(C)C. The topological polar surface area (TPSA) is 79.4 Å². The number of hydrogen-bond donors (Lipinski definition) is 2. The minimum Gasteiger partial charge on any atom is -0.406 e. The molecule has 1 heterocycles. The van der Waals surface area contributed by atoms with Crippen LogP contribution in [0.15, 0.2) is 30.5 Å². The first-order valence-electron chi connectivity index (χ1n) is 10.5. The highest BCUT2D eigenvalue weighted by atomic mass is 19.4. The molecule has 3 rings (SSSR count). The lowest BCUT2D eigenvalue weighted by molar-refractivity contribution is -0.274. The van der Waals surface area contributed by atoms with E-state index in [1.807, 2.05) is 32.1 Å². The zero-order valence-electron chi connectivity index (χ0n) is 18.4. The zero-order chi connectivity index (χ0) is 23.3. The van der Waals surface area contributed by atoms with Crippen molar-refractivity contribution in [3.8, 4) is 5.75 Å². The third kappa shape index (κ3) is 6.81. The van der Waals surface area contributed by atoms with Gasteiger partial charge in [0.05, 0.1) is 6.54 Å². The van der Waals surface area contributed by atoms with Gasteiger partial charge >= 0.3 is 6.36 Å². The van der Waals surface area contributed by atoms with Crippen molar-refractivity contribution in [3.05, 3.63) is 41.6 Å². The Bertz CT molecular complexity index is 911. The van der Waals surface area contributed by atoms with Gasteiger partial charge in [0.25, 0.3) is 0 Å². The molecule has 1 fully saturated rings. The molecule has 174 valence electrons. The minimum atomic E-state index is -4.75. The smallest absolute Gasteiger partial charge is 0.406 e. The second-order valence-electron chi connectivity index (χ2n) is 8.16. The number of hydrogen-bond acceptors (Lipinski definition) is 7. The van der Waals surface area contributed by atoms with Gasteiger partial charge in [0.1, 0.15) is 11.6 Å². The summed E-state index contributed by atoms with van der Waals surface area (Å²) in [7, 11) is 3.89. The third-order valence-corrected chi connectivity index (χ3v) is 5.39. The molecule has 0 saturated heterocycles. The molecule has 2 N–H and O–H groups in total. The van der Waals surface area contributed by atoms with Gasteiger partial charge in [-0.25, -0.2) is 4.98 Å². The molecule has 1 aliphatic carbocycles. The number of ketones is 1. The maximum Gasteiger partial charge on any atom is 0.573 e. The number of carbonyl (C=O) groups is 1.